The maximum absolute atomic E-state index is 11.3. The number of ether oxygens (including phenoxy) is 2. The zero-order valence-corrected chi connectivity index (χ0v) is 10.2. The van der Waals surface area contributed by atoms with Gasteiger partial charge in [0, 0.05) is 13.2 Å². The Morgan fingerprint density at radius 2 is 2.06 bits per heavy atom. The number of hydrogen-bond acceptors (Lipinski definition) is 4. The summed E-state index contributed by atoms with van der Waals surface area (Å²) in [5.41, 5.74) is 0. The smallest absolute Gasteiger partial charge is 0.329 e. The Bertz CT molecular complexity index is 235. The van der Waals surface area contributed by atoms with E-state index in [1.54, 1.807) is 0 Å². The summed E-state index contributed by atoms with van der Waals surface area (Å²) in [6.07, 6.45) is 0. The number of hydrogen-bond donors (Lipinski definition) is 3. The molecule has 0 rings (SSSR count). The van der Waals surface area contributed by atoms with Crippen LogP contribution in [0.1, 0.15) is 13.8 Å². The first-order chi connectivity index (χ1) is 8.06. The third-order valence-corrected chi connectivity index (χ3v) is 1.71. The van der Waals surface area contributed by atoms with E-state index in [9.17, 15) is 9.59 Å². The topological polar surface area (TPSA) is 96.9 Å². The molecule has 0 aliphatic rings. The van der Waals surface area contributed by atoms with Gasteiger partial charge in [-0.05, 0) is 13.8 Å². The van der Waals surface area contributed by atoms with Gasteiger partial charge in [0.25, 0.3) is 0 Å². The minimum Gasteiger partial charge on any atom is -0.480 e. The molecule has 0 heterocycles. The summed E-state index contributed by atoms with van der Waals surface area (Å²) in [4.78, 5) is 21.4. The number of carbonyl (C=O) groups excluding carboxylic acids is 1. The average molecular weight is 248 g/mol. The first-order valence-electron chi connectivity index (χ1n) is 5.48. The molecule has 2 amide bonds. The number of urea groups is 1. The molecule has 0 saturated heterocycles. The normalized spacial score (nSPS) is 11.9. The first kappa shape index (κ1) is 15.7. The highest BCUT2D eigenvalue weighted by molar-refractivity contribution is 5.74. The minimum absolute atomic E-state index is 0.0742. The Balaban J connectivity index is 3.42. The van der Waals surface area contributed by atoms with E-state index in [2.05, 4.69) is 10.6 Å². The second kappa shape index (κ2) is 9.86. The molecule has 0 fully saturated rings. The summed E-state index contributed by atoms with van der Waals surface area (Å²) >= 11 is 0. The van der Waals surface area contributed by atoms with Gasteiger partial charge in [-0.15, -0.1) is 0 Å². The molecule has 17 heavy (non-hydrogen) atoms. The van der Waals surface area contributed by atoms with Crippen LogP contribution >= 0.6 is 0 Å². The van der Waals surface area contributed by atoms with Crippen molar-refractivity contribution in [2.45, 2.75) is 19.9 Å². The van der Waals surface area contributed by atoms with E-state index in [0.29, 0.717) is 13.2 Å². The van der Waals surface area contributed by atoms with Crippen LogP contribution in [-0.2, 0) is 14.3 Å². The van der Waals surface area contributed by atoms with Gasteiger partial charge in [-0.2, -0.15) is 0 Å². The minimum atomic E-state index is -1.03. The number of aliphatic carboxylic acids is 1. The van der Waals surface area contributed by atoms with Gasteiger partial charge in [0.2, 0.25) is 0 Å². The van der Waals surface area contributed by atoms with Crippen molar-refractivity contribution < 1.29 is 24.2 Å². The molecule has 0 aromatic heterocycles. The number of nitrogens with one attached hydrogen (secondary N) is 2. The second-order valence-corrected chi connectivity index (χ2v) is 3.41. The largest absolute Gasteiger partial charge is 0.480 e. The molecule has 0 aliphatic heterocycles. The molecule has 7 nitrogen and oxygen atoms in total. The van der Waals surface area contributed by atoms with Crippen LogP contribution in [0.4, 0.5) is 4.79 Å². The van der Waals surface area contributed by atoms with Crippen LogP contribution in [0.25, 0.3) is 0 Å². The molecule has 1 atom stereocenters. The molecule has 0 spiro atoms. The fraction of sp³-hybridized carbons (Fsp3) is 0.800. The van der Waals surface area contributed by atoms with Crippen LogP contribution in [0.5, 0.6) is 0 Å². The van der Waals surface area contributed by atoms with E-state index in [4.69, 9.17) is 14.6 Å². The van der Waals surface area contributed by atoms with Crippen molar-refractivity contribution in [1.82, 2.24) is 10.6 Å². The quantitative estimate of drug-likeness (QED) is 0.491. The van der Waals surface area contributed by atoms with Gasteiger partial charge < -0.3 is 25.2 Å². The van der Waals surface area contributed by atoms with Crippen molar-refractivity contribution in [1.29, 1.82) is 0 Å². The summed E-state index contributed by atoms with van der Waals surface area (Å²) < 4.78 is 9.88. The molecule has 3 N–H and O–H groups in total. The number of rotatable bonds is 9. The van der Waals surface area contributed by atoms with Crippen molar-refractivity contribution in [2.75, 3.05) is 33.0 Å². The third kappa shape index (κ3) is 10.9. The lowest BCUT2D eigenvalue weighted by Crippen LogP contribution is -2.43. The van der Waals surface area contributed by atoms with Crippen molar-refractivity contribution in [3.05, 3.63) is 0 Å². The van der Waals surface area contributed by atoms with Crippen molar-refractivity contribution in [3.8, 4) is 0 Å². The number of amides is 2. The van der Waals surface area contributed by atoms with E-state index < -0.39 is 5.97 Å². The van der Waals surface area contributed by atoms with E-state index in [1.807, 2.05) is 13.8 Å². The van der Waals surface area contributed by atoms with E-state index >= 15 is 0 Å². The zero-order valence-electron chi connectivity index (χ0n) is 10.2. The lowest BCUT2D eigenvalue weighted by Gasteiger charge is -2.14. The maximum Gasteiger partial charge on any atom is 0.329 e. The fourth-order valence-corrected chi connectivity index (χ4v) is 1.01. The van der Waals surface area contributed by atoms with Gasteiger partial charge in [0.15, 0.2) is 0 Å². The summed E-state index contributed by atoms with van der Waals surface area (Å²) in [6.45, 7) is 4.85. The molecule has 1 unspecified atom stereocenters. The van der Waals surface area contributed by atoms with Crippen LogP contribution in [0, 0.1) is 0 Å². The Kier molecular flexibility index (Phi) is 9.08. The lowest BCUT2D eigenvalue weighted by molar-refractivity contribution is -0.142. The van der Waals surface area contributed by atoms with Crippen LogP contribution in [0.2, 0.25) is 0 Å². The van der Waals surface area contributed by atoms with Gasteiger partial charge in [-0.1, -0.05) is 0 Å². The average Bonchev–Trinajstić information content (AvgIpc) is 2.25. The van der Waals surface area contributed by atoms with Crippen LogP contribution in [0.15, 0.2) is 0 Å². The third-order valence-electron chi connectivity index (χ3n) is 1.71. The monoisotopic (exact) mass is 248 g/mol. The van der Waals surface area contributed by atoms with Crippen molar-refractivity contribution in [2.24, 2.45) is 0 Å². The standard InChI is InChI=1S/C10H20N2O5/c1-3-16-6-8(2)12-10(15)11-4-5-17-7-9(13)14/h8H,3-7H2,1-2H3,(H,13,14)(H2,11,12,15). The number of carbonyl (C=O) groups is 2. The lowest BCUT2D eigenvalue weighted by atomic mass is 10.4. The molecule has 0 aromatic carbocycles. The number of carboxylic acid groups (broad SMARTS) is 1. The van der Waals surface area contributed by atoms with Crippen LogP contribution in [0.3, 0.4) is 0 Å². The zero-order chi connectivity index (χ0) is 13.1. The summed E-state index contributed by atoms with van der Waals surface area (Å²) in [5, 5.41) is 13.5. The Morgan fingerprint density at radius 1 is 1.35 bits per heavy atom. The van der Waals surface area contributed by atoms with Crippen molar-refractivity contribution in [3.63, 3.8) is 0 Å². The maximum atomic E-state index is 11.3. The molecular formula is C10H20N2O5. The SMILES string of the molecule is CCOCC(C)NC(=O)NCCOCC(=O)O. The predicted octanol–water partition coefficient (Wildman–Crippen LogP) is -0.188. The highest BCUT2D eigenvalue weighted by atomic mass is 16.5. The summed E-state index contributed by atoms with van der Waals surface area (Å²) in [5.74, 6) is -1.03. The van der Waals surface area contributed by atoms with E-state index in [0.717, 1.165) is 0 Å². The Labute approximate surface area is 100 Å². The van der Waals surface area contributed by atoms with E-state index in [-0.39, 0.29) is 31.8 Å². The highest BCUT2D eigenvalue weighted by Crippen LogP contribution is 1.84. The second-order valence-electron chi connectivity index (χ2n) is 3.41. The fourth-order valence-electron chi connectivity index (χ4n) is 1.01. The van der Waals surface area contributed by atoms with Gasteiger partial charge in [0.1, 0.15) is 6.61 Å². The van der Waals surface area contributed by atoms with E-state index in [1.165, 1.54) is 0 Å². The first-order valence-corrected chi connectivity index (χ1v) is 5.48. The number of carboxylic acids is 1. The van der Waals surface area contributed by atoms with Gasteiger partial charge >= 0.3 is 12.0 Å². The summed E-state index contributed by atoms with van der Waals surface area (Å²) in [6, 6.07) is -0.397. The van der Waals surface area contributed by atoms with Gasteiger partial charge in [-0.3, -0.25) is 0 Å². The van der Waals surface area contributed by atoms with Crippen LogP contribution in [-0.4, -0.2) is 56.1 Å². The molecule has 0 radical (unpaired) electrons. The highest BCUT2D eigenvalue weighted by Gasteiger charge is 2.06. The van der Waals surface area contributed by atoms with Gasteiger partial charge in [0.05, 0.1) is 19.3 Å². The molecule has 100 valence electrons. The Morgan fingerprint density at radius 3 is 2.65 bits per heavy atom. The van der Waals surface area contributed by atoms with Crippen molar-refractivity contribution >= 4 is 12.0 Å². The molecule has 0 aliphatic carbocycles. The molecule has 0 bridgehead atoms. The molecular weight excluding hydrogens is 228 g/mol. The molecule has 7 heteroatoms. The molecule has 0 aromatic rings. The predicted molar refractivity (Wildman–Crippen MR) is 60.9 cm³/mol. The summed E-state index contributed by atoms with van der Waals surface area (Å²) in [7, 11) is 0. The van der Waals surface area contributed by atoms with Gasteiger partial charge in [-0.25, -0.2) is 9.59 Å². The Hall–Kier alpha value is -1.34. The van der Waals surface area contributed by atoms with Crippen LogP contribution < -0.4 is 10.6 Å². The molecule has 0 saturated carbocycles.